The smallest absolute Gasteiger partial charge is 0.246 e. The average Bonchev–Trinajstić information content (AvgIpc) is 1.75. The monoisotopic (exact) mass is 1800 g/mol. The highest BCUT2D eigenvalue weighted by Crippen LogP contribution is 2.30. The van der Waals surface area contributed by atoms with Crippen molar-refractivity contribution in [2.24, 2.45) is 23.1 Å². The number of aromatic nitrogens is 1. The Bertz CT molecular complexity index is 4830. The number of phenols is 1. The summed E-state index contributed by atoms with van der Waals surface area (Å²) in [5, 5.41) is 50.4. The van der Waals surface area contributed by atoms with Crippen molar-refractivity contribution in [2.75, 3.05) is 58.9 Å². The molecule has 8 rings (SSSR count). The molecule has 690 valence electrons. The minimum Gasteiger partial charge on any atom is -0.508 e. The molecule has 3 saturated heterocycles. The third-order valence-corrected chi connectivity index (χ3v) is 24.8. The molecule has 0 radical (unpaired) electrons. The molecule has 39 nitrogen and oxygen atoms in total. The van der Waals surface area contributed by atoms with Gasteiger partial charge in [0.15, 0.2) is 0 Å². The molecule has 14 atom stereocenters. The lowest BCUT2D eigenvalue weighted by atomic mass is 10.00. The van der Waals surface area contributed by atoms with E-state index in [4.69, 9.17) is 17.2 Å². The van der Waals surface area contributed by atoms with Gasteiger partial charge in [0.1, 0.15) is 90.3 Å². The predicted molar refractivity (Wildman–Crippen MR) is 470 cm³/mol. The van der Waals surface area contributed by atoms with Crippen LogP contribution in [0.5, 0.6) is 5.75 Å². The highest BCUT2D eigenvalue weighted by molar-refractivity contribution is 8.00. The van der Waals surface area contributed by atoms with Gasteiger partial charge in [0.05, 0.1) is 31.7 Å². The van der Waals surface area contributed by atoms with Gasteiger partial charge in [-0.05, 0) is 116 Å². The molecule has 18 amide bonds. The molecule has 19 N–H and O–H groups in total. The molecule has 127 heavy (non-hydrogen) atoms. The zero-order chi connectivity index (χ0) is 93.2. The number of nitrogens with one attached hydrogen (secondary N) is 11. The van der Waals surface area contributed by atoms with E-state index in [9.17, 15) is 67.7 Å². The number of thiophene rings is 1. The van der Waals surface area contributed by atoms with Gasteiger partial charge in [-0.3, -0.25) is 86.3 Å². The fourth-order valence-electron chi connectivity index (χ4n) is 15.6. The molecule has 0 saturated carbocycles. The number of fused-ring (bicyclic) bond motifs is 4. The number of rotatable bonds is 22. The summed E-state index contributed by atoms with van der Waals surface area (Å²) in [7, 11) is 3.94. The number of carbonyl (C=O) groups is 18. The maximum Gasteiger partial charge on any atom is 0.246 e. The Balaban J connectivity index is 1.16. The standard InChI is InChI=1S/C86H119N19O20S2/c1-10-12-23-64-79(118)92-47(5)73(112)100-63(75(114)91-41-71(89)110)44-126-45-72(111)93-59(35-49-28-30-52(107)31-29-49)82(121)101(7)48(6)74(113)96-61(39-70(88)109)85(124)105-33-19-26-66(105)81(120)95-57(38-69(87)108)77(116)97-58(34-46(3)4)84(123)104-32-18-25-65(104)80(119)94-56(36-50-40-90-55-22-16-14-20-53(50)55)76(115)99-62(42-106)78(117)98-60(37-51-43-127-68-27-17-15-21-54(51)68)83(122)103(9)67(24-13-11-2)86(125)102(64)8/h14-17,20-22,27-31,40,43,46-48,56-67,90,106-107H,10-13,18-19,23-26,32-39,41-42,44-45H2,1-9H3,(H2,87,108)(H2,88,109)(H2,89,110)(H,91,114)(H,92,118)(H,93,111)(H,94,119)(H,95,120)(H,96,113)(H,97,116)(H,98,117)(H,99,115)(H,100,112)/t47-,48-,56-,57-,58-,59-,60-,61+,62-,63-,64-,65-,66-,67-/m0/s1. The first-order valence-electron chi connectivity index (χ1n) is 42.6. The molecule has 0 bridgehead atoms. The van der Waals surface area contributed by atoms with Crippen LogP contribution in [0.3, 0.4) is 0 Å². The van der Waals surface area contributed by atoms with Crippen molar-refractivity contribution < 1.29 is 96.5 Å². The molecule has 5 heterocycles. The number of aromatic hydroxyl groups is 1. The average molecular weight is 1800 g/mol. The number of hydrogen-bond acceptors (Lipinski definition) is 22. The summed E-state index contributed by atoms with van der Waals surface area (Å²) in [6.07, 6.45) is 1.38. The summed E-state index contributed by atoms with van der Waals surface area (Å²) in [5.74, 6) is -18.3. The Labute approximate surface area is 743 Å². The van der Waals surface area contributed by atoms with E-state index in [1.54, 1.807) is 55.8 Å². The summed E-state index contributed by atoms with van der Waals surface area (Å²) in [6.45, 7) is 7.80. The molecular formula is C86H119N19O20S2. The van der Waals surface area contributed by atoms with Gasteiger partial charge in [0.2, 0.25) is 106 Å². The Morgan fingerprint density at radius 1 is 0.520 bits per heavy atom. The molecule has 5 aromatic rings. The number of unbranched alkanes of at least 4 members (excludes halogenated alkanes) is 2. The SMILES string of the molecule is CCCC[C@H]1C(=O)N(C)[C@@H](CCCC)C(=O)N[C@@H](C)C(=O)N[C@H](C(=O)NCC(N)=O)CSCC(=O)N[C@@H](Cc2ccc(O)cc2)C(=O)N(C)[C@@H](C)C(=O)N[C@H](CC(N)=O)C(=O)N2CCC[C@H]2C(=O)N[C@@H](CC(N)=O)C(=O)N[C@@H](CC(C)C)C(=O)N2CCC[C@H]2C(=O)N[C@@H](Cc2c[nH]c3ccccc23)C(=O)N[C@@H](CO)C(=O)N[C@@H](Cc2csc3ccccc23)C(=O)N1C. The molecular weight excluding hydrogens is 1680 g/mol. The molecule has 0 unspecified atom stereocenters. The summed E-state index contributed by atoms with van der Waals surface area (Å²) in [5.41, 5.74) is 18.9. The maximum atomic E-state index is 15.6. The number of nitrogens with two attached hydrogens (primary N) is 3. The number of aromatic amines is 1. The normalized spacial score (nSPS) is 25.0. The number of nitrogens with zero attached hydrogens (tertiary/aromatic N) is 5. The molecule has 2 aromatic heterocycles. The van der Waals surface area contributed by atoms with Crippen LogP contribution in [0.2, 0.25) is 0 Å². The Morgan fingerprint density at radius 2 is 1.04 bits per heavy atom. The molecule has 3 aliphatic heterocycles. The van der Waals surface area contributed by atoms with E-state index < -0.39 is 228 Å². The number of aliphatic hydroxyl groups excluding tert-OH is 1. The van der Waals surface area contributed by atoms with Crippen molar-refractivity contribution in [3.63, 3.8) is 0 Å². The molecule has 41 heteroatoms. The number of benzene rings is 3. The second-order valence-electron chi connectivity index (χ2n) is 32.7. The number of thioether (sulfide) groups is 1. The van der Waals surface area contributed by atoms with Crippen molar-refractivity contribution in [1.29, 1.82) is 0 Å². The zero-order valence-electron chi connectivity index (χ0n) is 72.8. The van der Waals surface area contributed by atoms with E-state index in [0.29, 0.717) is 53.3 Å². The number of hydrogen-bond donors (Lipinski definition) is 16. The highest BCUT2D eigenvalue weighted by atomic mass is 32.2. The molecule has 0 aliphatic carbocycles. The summed E-state index contributed by atoms with van der Waals surface area (Å²) in [6, 6.07) is -1.46. The van der Waals surface area contributed by atoms with Crippen LogP contribution in [0.15, 0.2) is 84.4 Å². The lowest BCUT2D eigenvalue weighted by Crippen LogP contribution is -2.61. The van der Waals surface area contributed by atoms with E-state index in [1.165, 1.54) is 85.3 Å². The Morgan fingerprint density at radius 3 is 1.65 bits per heavy atom. The first-order chi connectivity index (χ1) is 60.3. The Kier molecular flexibility index (Phi) is 37.3. The van der Waals surface area contributed by atoms with Gasteiger partial charge >= 0.3 is 0 Å². The third kappa shape index (κ3) is 27.6. The molecule has 0 spiro atoms. The van der Waals surface area contributed by atoms with Crippen molar-refractivity contribution in [2.45, 2.75) is 229 Å². The maximum absolute atomic E-state index is 15.6. The lowest BCUT2D eigenvalue weighted by Gasteiger charge is -2.36. The van der Waals surface area contributed by atoms with Gasteiger partial charge in [-0.2, -0.15) is 0 Å². The number of likely N-dealkylation sites (N-methyl/N-ethyl adjacent to an activating group) is 3. The van der Waals surface area contributed by atoms with Gasteiger partial charge in [0.25, 0.3) is 0 Å². The molecule has 3 aromatic carbocycles. The second-order valence-corrected chi connectivity index (χ2v) is 34.7. The van der Waals surface area contributed by atoms with Crippen LogP contribution < -0.4 is 70.4 Å². The topological polar surface area (TPSA) is 578 Å². The largest absolute Gasteiger partial charge is 0.508 e. The number of amides is 18. The molecule has 3 fully saturated rings. The summed E-state index contributed by atoms with van der Waals surface area (Å²) in [4.78, 5) is 268. The summed E-state index contributed by atoms with van der Waals surface area (Å²) < 4.78 is 0.829. The quantitative estimate of drug-likeness (QED) is 0.0375. The van der Waals surface area contributed by atoms with Crippen LogP contribution in [0.25, 0.3) is 21.0 Å². The number of carbonyl (C=O) groups excluding carboxylic acids is 18. The van der Waals surface area contributed by atoms with Crippen LogP contribution in [0.4, 0.5) is 0 Å². The van der Waals surface area contributed by atoms with E-state index in [2.05, 4.69) is 58.2 Å². The minimum absolute atomic E-state index is 0.0336. The second kappa shape index (κ2) is 47.3. The van der Waals surface area contributed by atoms with E-state index in [0.717, 1.165) is 31.6 Å². The first-order valence-corrected chi connectivity index (χ1v) is 44.6. The van der Waals surface area contributed by atoms with Crippen LogP contribution >= 0.6 is 23.1 Å². The number of phenolic OH excluding ortho intramolecular Hbond substituents is 1. The van der Waals surface area contributed by atoms with Gasteiger partial charge in [-0.25, -0.2) is 0 Å². The summed E-state index contributed by atoms with van der Waals surface area (Å²) >= 11 is 2.14. The van der Waals surface area contributed by atoms with Gasteiger partial charge in [-0.15, -0.1) is 23.1 Å². The zero-order valence-corrected chi connectivity index (χ0v) is 74.5. The van der Waals surface area contributed by atoms with Crippen molar-refractivity contribution in [1.82, 2.24) is 82.7 Å². The minimum atomic E-state index is -1.84. The molecule has 3 aliphatic rings. The highest BCUT2D eigenvalue weighted by Gasteiger charge is 2.45. The van der Waals surface area contributed by atoms with Gasteiger partial charge in [-0.1, -0.05) is 102 Å². The number of primary amides is 3. The fraction of sp³-hybridized carbons (Fsp3) is 0.535. The van der Waals surface area contributed by atoms with E-state index in [1.807, 2.05) is 32.0 Å². The van der Waals surface area contributed by atoms with Gasteiger partial charge in [0, 0.05) is 81.0 Å². The first kappa shape index (κ1) is 100. The van der Waals surface area contributed by atoms with Gasteiger partial charge < -0.3 is 110 Å². The van der Waals surface area contributed by atoms with E-state index >= 15 is 28.8 Å². The van der Waals surface area contributed by atoms with Crippen molar-refractivity contribution in [3.05, 3.63) is 101 Å². The van der Waals surface area contributed by atoms with E-state index in [-0.39, 0.29) is 89.0 Å². The lowest BCUT2D eigenvalue weighted by molar-refractivity contribution is -0.149. The Hall–Kier alpha value is -12.3. The third-order valence-electron chi connectivity index (χ3n) is 22.7. The van der Waals surface area contributed by atoms with Crippen LogP contribution in [0, 0.1) is 5.92 Å². The van der Waals surface area contributed by atoms with Crippen molar-refractivity contribution in [3.8, 4) is 5.75 Å². The van der Waals surface area contributed by atoms with Crippen LogP contribution in [-0.4, -0.2) is 290 Å². The number of para-hydroxylation sites is 1. The van der Waals surface area contributed by atoms with Crippen LogP contribution in [0.1, 0.15) is 142 Å². The van der Waals surface area contributed by atoms with Crippen LogP contribution in [-0.2, 0) is 106 Å². The van der Waals surface area contributed by atoms with Crippen molar-refractivity contribution >= 4 is 150 Å². The fourth-order valence-corrected chi connectivity index (χ4v) is 17.4. The number of H-pyrrole nitrogens is 1. The number of aliphatic hydroxyl groups is 1. The predicted octanol–water partition coefficient (Wildman–Crippen LogP) is -1.50.